The smallest absolute Gasteiger partial charge is 0.320 e. The van der Waals surface area contributed by atoms with Crippen molar-refractivity contribution in [3.8, 4) is 0 Å². The maximum atomic E-state index is 13.1. The summed E-state index contributed by atoms with van der Waals surface area (Å²) in [7, 11) is 0. The zero-order valence-corrected chi connectivity index (χ0v) is 13.9. The summed E-state index contributed by atoms with van der Waals surface area (Å²) in [5, 5.41) is 6.77. The quantitative estimate of drug-likeness (QED) is 0.734. The van der Waals surface area contributed by atoms with Crippen LogP contribution < -0.4 is 5.32 Å². The lowest BCUT2D eigenvalue weighted by atomic mass is 10.2. The molecule has 3 rings (SSSR count). The molecule has 130 valence electrons. The summed E-state index contributed by atoms with van der Waals surface area (Å²) in [6, 6.07) is 7.02. The van der Waals surface area contributed by atoms with E-state index in [1.807, 2.05) is 0 Å². The van der Waals surface area contributed by atoms with E-state index in [2.05, 4.69) is 15.4 Å². The first-order valence-corrected chi connectivity index (χ1v) is 7.55. The van der Waals surface area contributed by atoms with Gasteiger partial charge in [0.1, 0.15) is 5.69 Å². The highest BCUT2D eigenvalue weighted by molar-refractivity contribution is 6.31. The maximum Gasteiger partial charge on any atom is 0.433 e. The number of hydrogen-bond acceptors (Lipinski definition) is 3. The number of nitrogens with one attached hydrogen (secondary N) is 1. The fourth-order valence-corrected chi connectivity index (χ4v) is 2.50. The van der Waals surface area contributed by atoms with Gasteiger partial charge >= 0.3 is 6.18 Å². The Labute approximate surface area is 145 Å². The van der Waals surface area contributed by atoms with Crippen LogP contribution in [0.3, 0.4) is 0 Å². The average Bonchev–Trinajstić information content (AvgIpc) is 2.92. The monoisotopic (exact) mass is 368 g/mol. The van der Waals surface area contributed by atoms with E-state index in [0.717, 1.165) is 11.6 Å². The minimum Gasteiger partial charge on any atom is -0.320 e. The second-order valence-electron chi connectivity index (χ2n) is 5.49. The van der Waals surface area contributed by atoms with E-state index in [4.69, 9.17) is 11.6 Å². The van der Waals surface area contributed by atoms with Crippen LogP contribution in [0, 0.1) is 13.8 Å². The minimum atomic E-state index is -4.62. The van der Waals surface area contributed by atoms with E-state index in [9.17, 15) is 18.0 Å². The zero-order chi connectivity index (χ0) is 18.4. The largest absolute Gasteiger partial charge is 0.433 e. The van der Waals surface area contributed by atoms with Gasteiger partial charge in [0.2, 0.25) is 0 Å². The van der Waals surface area contributed by atoms with E-state index in [1.165, 1.54) is 13.0 Å². The first-order valence-electron chi connectivity index (χ1n) is 7.17. The summed E-state index contributed by atoms with van der Waals surface area (Å²) in [5.74, 6) is -0.651. The van der Waals surface area contributed by atoms with Crippen molar-refractivity contribution < 1.29 is 18.0 Å². The number of alkyl halides is 3. The molecule has 0 saturated heterocycles. The van der Waals surface area contributed by atoms with Gasteiger partial charge < -0.3 is 5.32 Å². The molecular weight excluding hydrogens is 357 g/mol. The number of carbonyl (C=O) groups excluding carboxylic acids is 1. The van der Waals surface area contributed by atoms with Gasteiger partial charge in [0.25, 0.3) is 5.91 Å². The van der Waals surface area contributed by atoms with Crippen molar-refractivity contribution in [3.05, 3.63) is 58.0 Å². The van der Waals surface area contributed by atoms with Crippen LogP contribution in [0.2, 0.25) is 5.02 Å². The molecule has 0 fully saturated rings. The fraction of sp³-hybridized carbons (Fsp3) is 0.188. The molecule has 1 aromatic carbocycles. The Morgan fingerprint density at radius 1 is 1.20 bits per heavy atom. The molecule has 0 aliphatic rings. The second kappa shape index (κ2) is 6.03. The number of halogens is 4. The van der Waals surface area contributed by atoms with Crippen LogP contribution in [-0.2, 0) is 6.18 Å². The second-order valence-corrected chi connectivity index (χ2v) is 5.93. The van der Waals surface area contributed by atoms with Crippen molar-refractivity contribution in [1.82, 2.24) is 14.6 Å². The number of aromatic nitrogens is 3. The molecule has 1 amide bonds. The first-order chi connectivity index (χ1) is 11.6. The van der Waals surface area contributed by atoms with Gasteiger partial charge in [-0.2, -0.15) is 18.3 Å². The molecule has 0 unspecified atom stereocenters. The van der Waals surface area contributed by atoms with E-state index in [1.54, 1.807) is 25.1 Å². The Morgan fingerprint density at radius 3 is 2.60 bits per heavy atom. The fourth-order valence-electron chi connectivity index (χ4n) is 2.33. The maximum absolute atomic E-state index is 13.1. The summed E-state index contributed by atoms with van der Waals surface area (Å²) in [5.41, 5.74) is 0.162. The van der Waals surface area contributed by atoms with Gasteiger partial charge in [-0.25, -0.2) is 9.50 Å². The highest BCUT2D eigenvalue weighted by Gasteiger charge is 2.35. The number of benzene rings is 1. The van der Waals surface area contributed by atoms with Crippen molar-refractivity contribution in [2.45, 2.75) is 20.0 Å². The molecule has 2 heterocycles. The zero-order valence-electron chi connectivity index (χ0n) is 13.1. The number of hydrogen-bond donors (Lipinski definition) is 1. The summed E-state index contributed by atoms with van der Waals surface area (Å²) >= 11 is 5.89. The molecule has 0 spiro atoms. The lowest BCUT2D eigenvalue weighted by Gasteiger charge is -2.09. The van der Waals surface area contributed by atoms with E-state index >= 15 is 0 Å². The molecule has 25 heavy (non-hydrogen) atoms. The van der Waals surface area contributed by atoms with Crippen molar-refractivity contribution in [2.24, 2.45) is 0 Å². The van der Waals surface area contributed by atoms with Crippen LogP contribution in [-0.4, -0.2) is 20.5 Å². The Morgan fingerprint density at radius 2 is 1.92 bits per heavy atom. The standard InChI is InChI=1S/C16H12ClF3N4O/c1-8-3-4-10(17)6-11(8)22-15(25)12-7-14-21-9(2)5-13(16(18,19)20)24(14)23-12/h3-7H,1-2H3,(H,22,25). The topological polar surface area (TPSA) is 59.3 Å². The number of fused-ring (bicyclic) bond motifs is 1. The average molecular weight is 369 g/mol. The molecule has 0 saturated carbocycles. The molecule has 1 N–H and O–H groups in total. The number of carbonyl (C=O) groups is 1. The van der Waals surface area contributed by atoms with Crippen molar-refractivity contribution in [1.29, 1.82) is 0 Å². The molecule has 2 aromatic heterocycles. The molecule has 0 radical (unpaired) electrons. The molecule has 9 heteroatoms. The Hall–Kier alpha value is -2.61. The number of aryl methyl sites for hydroxylation is 2. The minimum absolute atomic E-state index is 0.0553. The number of rotatable bonds is 2. The molecule has 5 nitrogen and oxygen atoms in total. The highest BCUT2D eigenvalue weighted by atomic mass is 35.5. The highest BCUT2D eigenvalue weighted by Crippen LogP contribution is 2.30. The molecular formula is C16H12ClF3N4O. The van der Waals surface area contributed by atoms with Crippen LogP contribution in [0.4, 0.5) is 18.9 Å². The Balaban J connectivity index is 2.02. The van der Waals surface area contributed by atoms with Gasteiger partial charge in [0.15, 0.2) is 11.3 Å². The Kier molecular flexibility index (Phi) is 4.16. The molecule has 0 aliphatic heterocycles. The third kappa shape index (κ3) is 3.43. The van der Waals surface area contributed by atoms with Gasteiger partial charge in [-0.05, 0) is 37.6 Å². The van der Waals surface area contributed by atoms with Gasteiger partial charge in [-0.3, -0.25) is 4.79 Å². The SMILES string of the molecule is Cc1cc(C(F)(F)F)n2nc(C(=O)Nc3cc(Cl)ccc3C)cc2n1. The van der Waals surface area contributed by atoms with E-state index in [0.29, 0.717) is 15.2 Å². The summed E-state index contributed by atoms with van der Waals surface area (Å²) in [6.07, 6.45) is -4.62. The number of amides is 1. The van der Waals surface area contributed by atoms with Crippen LogP contribution in [0.1, 0.15) is 27.4 Å². The summed E-state index contributed by atoms with van der Waals surface area (Å²) in [6.45, 7) is 3.21. The summed E-state index contributed by atoms with van der Waals surface area (Å²) < 4.78 is 40.1. The Bertz CT molecular complexity index is 981. The van der Waals surface area contributed by atoms with Crippen molar-refractivity contribution in [3.63, 3.8) is 0 Å². The predicted octanol–water partition coefficient (Wildman–Crippen LogP) is 4.27. The summed E-state index contributed by atoms with van der Waals surface area (Å²) in [4.78, 5) is 16.3. The van der Waals surface area contributed by atoms with Gasteiger partial charge in [-0.1, -0.05) is 17.7 Å². The van der Waals surface area contributed by atoms with Crippen LogP contribution in [0.5, 0.6) is 0 Å². The normalized spacial score (nSPS) is 11.8. The first kappa shape index (κ1) is 17.2. The predicted molar refractivity (Wildman–Crippen MR) is 86.9 cm³/mol. The number of anilines is 1. The third-order valence-corrected chi connectivity index (χ3v) is 3.76. The van der Waals surface area contributed by atoms with Gasteiger partial charge in [0, 0.05) is 22.5 Å². The van der Waals surface area contributed by atoms with Gasteiger partial charge in [-0.15, -0.1) is 0 Å². The van der Waals surface area contributed by atoms with Gasteiger partial charge in [0.05, 0.1) is 0 Å². The molecule has 0 bridgehead atoms. The van der Waals surface area contributed by atoms with Crippen molar-refractivity contribution in [2.75, 3.05) is 5.32 Å². The van der Waals surface area contributed by atoms with Crippen molar-refractivity contribution >= 4 is 28.8 Å². The third-order valence-electron chi connectivity index (χ3n) is 3.53. The lowest BCUT2D eigenvalue weighted by Crippen LogP contribution is -2.16. The molecule has 0 aliphatic carbocycles. The van der Waals surface area contributed by atoms with E-state index in [-0.39, 0.29) is 17.0 Å². The molecule has 0 atom stereocenters. The lowest BCUT2D eigenvalue weighted by molar-refractivity contribution is -0.142. The van der Waals surface area contributed by atoms with Crippen LogP contribution in [0.25, 0.3) is 5.65 Å². The number of nitrogens with zero attached hydrogens (tertiary/aromatic N) is 3. The van der Waals surface area contributed by atoms with Crippen LogP contribution >= 0.6 is 11.6 Å². The van der Waals surface area contributed by atoms with Crippen LogP contribution in [0.15, 0.2) is 30.3 Å². The molecule has 3 aromatic rings. The van der Waals surface area contributed by atoms with E-state index < -0.39 is 17.8 Å².